The van der Waals surface area contributed by atoms with Crippen LogP contribution in [0.5, 0.6) is 0 Å². The smallest absolute Gasteiger partial charge is 0.161 e. The van der Waals surface area contributed by atoms with Crippen molar-refractivity contribution in [3.8, 4) is 22.9 Å². The fourth-order valence-corrected chi connectivity index (χ4v) is 4.94. The van der Waals surface area contributed by atoms with Crippen molar-refractivity contribution < 1.29 is 0 Å². The summed E-state index contributed by atoms with van der Waals surface area (Å²) in [5, 5.41) is 3.69. The lowest BCUT2D eigenvalue weighted by atomic mass is 10.1. The van der Waals surface area contributed by atoms with Crippen LogP contribution in [0.25, 0.3) is 55.6 Å². The number of fused-ring (bicyclic) bond motifs is 5. The van der Waals surface area contributed by atoms with Crippen molar-refractivity contribution in [3.63, 3.8) is 0 Å². The molecule has 7 aromatic rings. The molecule has 0 unspecified atom stereocenters. The second-order valence-corrected chi connectivity index (χ2v) is 8.37. The second-order valence-electron chi connectivity index (χ2n) is 8.37. The van der Waals surface area contributed by atoms with Gasteiger partial charge in [0.2, 0.25) is 0 Å². The Morgan fingerprint density at radius 3 is 2.12 bits per heavy atom. The van der Waals surface area contributed by atoms with Crippen molar-refractivity contribution in [1.82, 2.24) is 19.1 Å². The van der Waals surface area contributed by atoms with Crippen molar-refractivity contribution in [2.24, 2.45) is 0 Å². The first-order valence-corrected chi connectivity index (χ1v) is 11.4. The minimum absolute atomic E-state index is 0.723. The molecule has 34 heavy (non-hydrogen) atoms. The van der Waals surface area contributed by atoms with E-state index >= 15 is 0 Å². The molecule has 0 aliphatic rings. The van der Waals surface area contributed by atoms with Gasteiger partial charge < -0.3 is 4.57 Å². The van der Waals surface area contributed by atoms with Gasteiger partial charge in [0.05, 0.1) is 16.6 Å². The number of rotatable bonds is 3. The van der Waals surface area contributed by atoms with E-state index in [9.17, 15) is 0 Å². The van der Waals surface area contributed by atoms with Crippen LogP contribution in [0.1, 0.15) is 0 Å². The maximum atomic E-state index is 4.97. The number of aromatic nitrogens is 4. The highest BCUT2D eigenvalue weighted by Crippen LogP contribution is 2.37. The van der Waals surface area contributed by atoms with E-state index in [1.165, 1.54) is 21.7 Å². The lowest BCUT2D eigenvalue weighted by molar-refractivity contribution is 1.04. The van der Waals surface area contributed by atoms with E-state index in [1.807, 2.05) is 48.7 Å². The van der Waals surface area contributed by atoms with Gasteiger partial charge in [-0.2, -0.15) is 0 Å². The molecule has 4 heteroatoms. The highest BCUT2D eigenvalue weighted by atomic mass is 15.1. The zero-order valence-corrected chi connectivity index (χ0v) is 18.3. The summed E-state index contributed by atoms with van der Waals surface area (Å²) in [5.74, 6) is 1.59. The summed E-state index contributed by atoms with van der Waals surface area (Å²) in [6.07, 6.45) is 4.00. The van der Waals surface area contributed by atoms with E-state index in [1.54, 1.807) is 0 Å². The molecule has 0 radical (unpaired) electrons. The van der Waals surface area contributed by atoms with Gasteiger partial charge in [-0.15, -0.1) is 0 Å². The third-order valence-corrected chi connectivity index (χ3v) is 6.44. The predicted octanol–water partition coefficient (Wildman–Crippen LogP) is 7.18. The third kappa shape index (κ3) is 2.79. The van der Waals surface area contributed by atoms with Crippen LogP contribution < -0.4 is 0 Å². The Morgan fingerprint density at radius 1 is 0.559 bits per heavy atom. The first-order chi connectivity index (χ1) is 16.9. The van der Waals surface area contributed by atoms with Crippen molar-refractivity contribution in [1.29, 1.82) is 0 Å². The molecule has 0 saturated heterocycles. The van der Waals surface area contributed by atoms with E-state index in [0.717, 1.165) is 33.9 Å². The highest BCUT2D eigenvalue weighted by molar-refractivity contribution is 6.21. The standard InChI is InChI=1S/C30H20N4/c1-3-9-21(10-4-1)30-31-19-17-28(32-30)34-26-14-8-7-13-23(26)29-24-18-20-33(22-11-5-2-6-12-22)25(24)15-16-27(29)34/h1-20H. The Hall–Kier alpha value is -4.70. The monoisotopic (exact) mass is 436 g/mol. The van der Waals surface area contributed by atoms with Crippen molar-refractivity contribution in [2.45, 2.75) is 0 Å². The van der Waals surface area contributed by atoms with Crippen LogP contribution in [-0.4, -0.2) is 19.1 Å². The summed E-state index contributed by atoms with van der Waals surface area (Å²) in [7, 11) is 0. The molecule has 4 nitrogen and oxygen atoms in total. The molecule has 0 aliphatic heterocycles. The Kier molecular flexibility index (Phi) is 4.11. The third-order valence-electron chi connectivity index (χ3n) is 6.44. The Labute approximate surface area is 196 Å². The molecule has 0 N–H and O–H groups in total. The van der Waals surface area contributed by atoms with Gasteiger partial charge in [-0.1, -0.05) is 66.7 Å². The van der Waals surface area contributed by atoms with E-state index in [-0.39, 0.29) is 0 Å². The molecular formula is C30H20N4. The molecule has 3 heterocycles. The van der Waals surface area contributed by atoms with Crippen LogP contribution in [-0.2, 0) is 0 Å². The summed E-state index contributed by atoms with van der Waals surface area (Å²) in [6, 6.07) is 37.8. The van der Waals surface area contributed by atoms with Gasteiger partial charge in [0.1, 0.15) is 5.82 Å². The molecular weight excluding hydrogens is 416 g/mol. The van der Waals surface area contributed by atoms with E-state index in [0.29, 0.717) is 0 Å². The molecule has 0 atom stereocenters. The molecule has 160 valence electrons. The van der Waals surface area contributed by atoms with Gasteiger partial charge in [-0.25, -0.2) is 9.97 Å². The van der Waals surface area contributed by atoms with Crippen molar-refractivity contribution in [2.75, 3.05) is 0 Å². The van der Waals surface area contributed by atoms with E-state index in [2.05, 4.69) is 87.0 Å². The topological polar surface area (TPSA) is 35.6 Å². The molecule has 3 aromatic heterocycles. The molecule has 4 aromatic carbocycles. The van der Waals surface area contributed by atoms with Gasteiger partial charge >= 0.3 is 0 Å². The molecule has 0 amide bonds. The van der Waals surface area contributed by atoms with Gasteiger partial charge in [-0.3, -0.25) is 4.57 Å². The lowest BCUT2D eigenvalue weighted by Crippen LogP contribution is -2.00. The van der Waals surface area contributed by atoms with Gasteiger partial charge in [0, 0.05) is 39.8 Å². The minimum atomic E-state index is 0.723. The maximum absolute atomic E-state index is 4.97. The van der Waals surface area contributed by atoms with Crippen LogP contribution in [0.3, 0.4) is 0 Å². The zero-order valence-electron chi connectivity index (χ0n) is 18.3. The SMILES string of the molecule is c1ccc(-c2nccc(-n3c4ccccc4c4c5ccn(-c6ccccc6)c5ccc43)n2)cc1. The summed E-state index contributed by atoms with van der Waals surface area (Å²) in [4.78, 5) is 9.50. The fourth-order valence-electron chi connectivity index (χ4n) is 4.94. The number of benzene rings is 4. The van der Waals surface area contributed by atoms with Gasteiger partial charge in [0.15, 0.2) is 5.82 Å². The maximum Gasteiger partial charge on any atom is 0.161 e. The Balaban J connectivity index is 1.52. The lowest BCUT2D eigenvalue weighted by Gasteiger charge is -2.09. The van der Waals surface area contributed by atoms with E-state index in [4.69, 9.17) is 4.98 Å². The number of hydrogen-bond acceptors (Lipinski definition) is 2. The average molecular weight is 437 g/mol. The van der Waals surface area contributed by atoms with Crippen LogP contribution in [0.15, 0.2) is 122 Å². The largest absolute Gasteiger partial charge is 0.317 e. The normalized spacial score (nSPS) is 11.5. The van der Waals surface area contributed by atoms with Gasteiger partial charge in [-0.05, 0) is 42.5 Å². The molecule has 0 saturated carbocycles. The first kappa shape index (κ1) is 18.8. The number of nitrogens with zero attached hydrogens (tertiary/aromatic N) is 4. The first-order valence-electron chi connectivity index (χ1n) is 11.4. The van der Waals surface area contributed by atoms with Crippen molar-refractivity contribution >= 4 is 32.7 Å². The van der Waals surface area contributed by atoms with Gasteiger partial charge in [0.25, 0.3) is 0 Å². The van der Waals surface area contributed by atoms with Crippen LogP contribution in [0.4, 0.5) is 0 Å². The quantitative estimate of drug-likeness (QED) is 0.294. The van der Waals surface area contributed by atoms with Crippen molar-refractivity contribution in [3.05, 3.63) is 122 Å². The minimum Gasteiger partial charge on any atom is -0.317 e. The Morgan fingerprint density at radius 2 is 1.26 bits per heavy atom. The summed E-state index contributed by atoms with van der Waals surface area (Å²) in [6.45, 7) is 0. The molecule has 0 bridgehead atoms. The fraction of sp³-hybridized carbons (Fsp3) is 0. The van der Waals surface area contributed by atoms with Crippen LogP contribution in [0, 0.1) is 0 Å². The molecule has 0 spiro atoms. The highest BCUT2D eigenvalue weighted by Gasteiger charge is 2.17. The number of para-hydroxylation sites is 2. The number of hydrogen-bond donors (Lipinski definition) is 0. The van der Waals surface area contributed by atoms with E-state index < -0.39 is 0 Å². The average Bonchev–Trinajstić information content (AvgIpc) is 3.49. The summed E-state index contributed by atoms with van der Waals surface area (Å²) < 4.78 is 4.50. The second kappa shape index (κ2) is 7.42. The molecule has 0 aliphatic carbocycles. The predicted molar refractivity (Wildman–Crippen MR) is 139 cm³/mol. The Bertz CT molecular complexity index is 1790. The summed E-state index contributed by atoms with van der Waals surface area (Å²) >= 11 is 0. The summed E-state index contributed by atoms with van der Waals surface area (Å²) in [5.41, 5.74) is 5.62. The molecule has 7 rings (SSSR count). The zero-order chi connectivity index (χ0) is 22.5. The molecule has 0 fully saturated rings. The van der Waals surface area contributed by atoms with Crippen LogP contribution in [0.2, 0.25) is 0 Å². The van der Waals surface area contributed by atoms with Crippen LogP contribution >= 0.6 is 0 Å².